The Morgan fingerprint density at radius 2 is 1.67 bits per heavy atom. The third-order valence-electron chi connectivity index (χ3n) is 6.45. The Bertz CT molecular complexity index is 1300. The molecule has 1 atom stereocenters. The zero-order chi connectivity index (χ0) is 26.4. The molecule has 0 fully saturated rings. The molecule has 3 aromatic carbocycles. The van der Waals surface area contributed by atoms with Crippen LogP contribution in [0.25, 0.3) is 11.1 Å². The lowest BCUT2D eigenvalue weighted by Crippen LogP contribution is -2.36. The van der Waals surface area contributed by atoms with Gasteiger partial charge in [-0.05, 0) is 61.2 Å². The highest BCUT2D eigenvalue weighted by molar-refractivity contribution is 6.15. The minimum Gasteiger partial charge on any atom is -0.487 e. The van der Waals surface area contributed by atoms with Crippen LogP contribution in [0.1, 0.15) is 78.6 Å². The van der Waals surface area contributed by atoms with Gasteiger partial charge in [0.25, 0.3) is 0 Å². The molecule has 0 amide bonds. The third kappa shape index (κ3) is 4.79. The van der Waals surface area contributed by atoms with Crippen molar-refractivity contribution in [2.75, 3.05) is 0 Å². The average molecular weight is 499 g/mol. The fraction of sp³-hybridized carbons (Fsp3) is 0.310. The van der Waals surface area contributed by atoms with Crippen LogP contribution in [0.2, 0.25) is 0 Å². The maximum absolute atomic E-state index is 13.9. The van der Waals surface area contributed by atoms with Gasteiger partial charge in [0, 0.05) is 34.6 Å². The number of ether oxygens (including phenoxy) is 1. The smallest absolute Gasteiger partial charge is 0.416 e. The van der Waals surface area contributed by atoms with Gasteiger partial charge in [-0.2, -0.15) is 13.2 Å². The van der Waals surface area contributed by atoms with Crippen LogP contribution >= 0.6 is 0 Å². The standard InChI is InChI=1S/C29H26F4O3/c1-16(2)22-13-23-24(19(15-34)14-28(3,4)36-23)25(17-7-11-21(30)12-8-17)26(22)27(35)18-5-9-20(10-6-18)29(31,32)33/h5-13,15-16,19H,14H2,1-4H3. The van der Waals surface area contributed by atoms with Crippen molar-refractivity contribution in [1.29, 1.82) is 0 Å². The van der Waals surface area contributed by atoms with E-state index in [-0.39, 0.29) is 17.0 Å². The maximum atomic E-state index is 13.9. The summed E-state index contributed by atoms with van der Waals surface area (Å²) in [6.45, 7) is 7.54. The van der Waals surface area contributed by atoms with Crippen LogP contribution < -0.4 is 4.74 Å². The summed E-state index contributed by atoms with van der Waals surface area (Å²) < 4.78 is 59.4. The van der Waals surface area contributed by atoms with E-state index in [1.54, 1.807) is 6.07 Å². The maximum Gasteiger partial charge on any atom is 0.416 e. The van der Waals surface area contributed by atoms with Crippen molar-refractivity contribution < 1.29 is 31.9 Å². The van der Waals surface area contributed by atoms with E-state index in [2.05, 4.69) is 0 Å². The van der Waals surface area contributed by atoms with Crippen LogP contribution in [-0.4, -0.2) is 17.7 Å². The summed E-state index contributed by atoms with van der Waals surface area (Å²) >= 11 is 0. The lowest BCUT2D eigenvalue weighted by molar-refractivity contribution is -0.137. The second-order valence-electron chi connectivity index (χ2n) is 10.0. The van der Waals surface area contributed by atoms with Crippen LogP contribution in [0.3, 0.4) is 0 Å². The number of hydrogen-bond acceptors (Lipinski definition) is 3. The van der Waals surface area contributed by atoms with Gasteiger partial charge in [0.1, 0.15) is 23.5 Å². The molecule has 1 heterocycles. The molecule has 36 heavy (non-hydrogen) atoms. The van der Waals surface area contributed by atoms with Gasteiger partial charge < -0.3 is 9.53 Å². The first-order chi connectivity index (χ1) is 16.8. The van der Waals surface area contributed by atoms with Crippen LogP contribution in [-0.2, 0) is 11.0 Å². The van der Waals surface area contributed by atoms with E-state index in [9.17, 15) is 27.2 Å². The van der Waals surface area contributed by atoms with E-state index in [1.165, 1.54) is 24.3 Å². The highest BCUT2D eigenvalue weighted by Crippen LogP contribution is 2.49. The van der Waals surface area contributed by atoms with Crippen molar-refractivity contribution in [2.45, 2.75) is 57.7 Å². The number of fused-ring (bicyclic) bond motifs is 1. The van der Waals surface area contributed by atoms with E-state index in [4.69, 9.17) is 4.74 Å². The number of aldehydes is 1. The van der Waals surface area contributed by atoms with Crippen molar-refractivity contribution in [3.8, 4) is 16.9 Å². The Morgan fingerprint density at radius 3 is 2.19 bits per heavy atom. The van der Waals surface area contributed by atoms with Gasteiger partial charge in [0.05, 0.1) is 5.56 Å². The number of carbonyl (C=O) groups excluding carboxylic acids is 2. The molecular weight excluding hydrogens is 472 g/mol. The molecule has 0 spiro atoms. The molecule has 188 valence electrons. The third-order valence-corrected chi connectivity index (χ3v) is 6.45. The fourth-order valence-corrected chi connectivity index (χ4v) is 4.80. The summed E-state index contributed by atoms with van der Waals surface area (Å²) in [6, 6.07) is 11.4. The summed E-state index contributed by atoms with van der Waals surface area (Å²) in [5.41, 5.74) is 0.957. The van der Waals surface area contributed by atoms with Crippen LogP contribution in [0.5, 0.6) is 5.75 Å². The van der Waals surface area contributed by atoms with Crippen molar-refractivity contribution in [3.63, 3.8) is 0 Å². The molecule has 1 aliphatic heterocycles. The Balaban J connectivity index is 2.04. The number of alkyl halides is 3. The fourth-order valence-electron chi connectivity index (χ4n) is 4.80. The number of halogens is 4. The highest BCUT2D eigenvalue weighted by Gasteiger charge is 2.39. The molecule has 1 unspecified atom stereocenters. The average Bonchev–Trinajstić information content (AvgIpc) is 2.81. The molecule has 0 saturated carbocycles. The van der Waals surface area contributed by atoms with Gasteiger partial charge in [0.2, 0.25) is 0 Å². The van der Waals surface area contributed by atoms with Gasteiger partial charge in [-0.25, -0.2) is 4.39 Å². The van der Waals surface area contributed by atoms with E-state index in [0.717, 1.165) is 30.6 Å². The van der Waals surface area contributed by atoms with Gasteiger partial charge >= 0.3 is 6.18 Å². The number of hydrogen-bond donors (Lipinski definition) is 0. The van der Waals surface area contributed by atoms with Crippen LogP contribution in [0.4, 0.5) is 17.6 Å². The molecular formula is C29H26F4O3. The van der Waals surface area contributed by atoms with Gasteiger partial charge in [0.15, 0.2) is 5.78 Å². The van der Waals surface area contributed by atoms with E-state index in [0.29, 0.717) is 34.4 Å². The van der Waals surface area contributed by atoms with E-state index < -0.39 is 34.9 Å². The lowest BCUT2D eigenvalue weighted by Gasteiger charge is -2.38. The van der Waals surface area contributed by atoms with E-state index >= 15 is 0 Å². The summed E-state index contributed by atoms with van der Waals surface area (Å²) in [5.74, 6) is -1.23. The lowest BCUT2D eigenvalue weighted by atomic mass is 9.76. The molecule has 0 aromatic heterocycles. The number of ketones is 1. The molecule has 1 aliphatic rings. The van der Waals surface area contributed by atoms with Gasteiger partial charge in [-0.3, -0.25) is 4.79 Å². The van der Waals surface area contributed by atoms with E-state index in [1.807, 2.05) is 27.7 Å². The minimum absolute atomic E-state index is 0.0768. The summed E-state index contributed by atoms with van der Waals surface area (Å²) in [4.78, 5) is 26.2. The van der Waals surface area contributed by atoms with Gasteiger partial charge in [-0.15, -0.1) is 0 Å². The molecule has 3 aromatic rings. The molecule has 0 radical (unpaired) electrons. The predicted octanol–water partition coefficient (Wildman–Crippen LogP) is 7.71. The van der Waals surface area contributed by atoms with Crippen molar-refractivity contribution in [3.05, 3.63) is 88.2 Å². The summed E-state index contributed by atoms with van der Waals surface area (Å²) in [5, 5.41) is 0. The van der Waals surface area contributed by atoms with Crippen LogP contribution in [0, 0.1) is 5.82 Å². The van der Waals surface area contributed by atoms with Crippen molar-refractivity contribution >= 4 is 12.1 Å². The predicted molar refractivity (Wildman–Crippen MR) is 129 cm³/mol. The first-order valence-electron chi connectivity index (χ1n) is 11.7. The monoisotopic (exact) mass is 498 g/mol. The topological polar surface area (TPSA) is 43.4 Å². The normalized spacial score (nSPS) is 16.9. The molecule has 0 saturated heterocycles. The molecule has 0 bridgehead atoms. The Hall–Kier alpha value is -3.48. The first kappa shape index (κ1) is 25.6. The molecule has 0 aliphatic carbocycles. The molecule has 7 heteroatoms. The highest BCUT2D eigenvalue weighted by atomic mass is 19.4. The second kappa shape index (κ2) is 9.19. The Labute approximate surface area is 207 Å². The van der Waals surface area contributed by atoms with Crippen LogP contribution in [0.15, 0.2) is 54.6 Å². The Morgan fingerprint density at radius 1 is 1.06 bits per heavy atom. The Kier molecular flexibility index (Phi) is 6.54. The number of benzene rings is 3. The molecule has 0 N–H and O–H groups in total. The first-order valence-corrected chi connectivity index (χ1v) is 11.7. The molecule has 4 rings (SSSR count). The van der Waals surface area contributed by atoms with Gasteiger partial charge in [-0.1, -0.05) is 38.1 Å². The summed E-state index contributed by atoms with van der Waals surface area (Å²) in [6.07, 6.45) is -3.35. The zero-order valence-electron chi connectivity index (χ0n) is 20.4. The minimum atomic E-state index is -4.53. The second-order valence-corrected chi connectivity index (χ2v) is 10.0. The van der Waals surface area contributed by atoms with Crippen molar-refractivity contribution in [1.82, 2.24) is 0 Å². The van der Waals surface area contributed by atoms with Crippen molar-refractivity contribution in [2.24, 2.45) is 0 Å². The molecule has 3 nitrogen and oxygen atoms in total. The SMILES string of the molecule is CC(C)c1cc2c(c(-c3ccc(F)cc3)c1C(=O)c1ccc(C(F)(F)F)cc1)C(C=O)CC(C)(C)O2. The quantitative estimate of drug-likeness (QED) is 0.206. The summed E-state index contributed by atoms with van der Waals surface area (Å²) in [7, 11) is 0. The number of carbonyl (C=O) groups is 2. The zero-order valence-corrected chi connectivity index (χ0v) is 20.4. The largest absolute Gasteiger partial charge is 0.487 e. The number of rotatable bonds is 5.